The highest BCUT2D eigenvalue weighted by Crippen LogP contribution is 2.21. The van der Waals surface area contributed by atoms with Gasteiger partial charge in [-0.15, -0.1) is 0 Å². The van der Waals surface area contributed by atoms with Crippen molar-refractivity contribution in [1.29, 1.82) is 0 Å². The van der Waals surface area contributed by atoms with Gasteiger partial charge in [0.1, 0.15) is 0 Å². The van der Waals surface area contributed by atoms with E-state index in [4.69, 9.17) is 0 Å². The summed E-state index contributed by atoms with van der Waals surface area (Å²) in [6, 6.07) is 10.2. The molecule has 17 heavy (non-hydrogen) atoms. The van der Waals surface area contributed by atoms with Crippen LogP contribution in [0.5, 0.6) is 5.75 Å². The first-order valence-electron chi connectivity index (χ1n) is 5.58. The molecule has 0 radical (unpaired) electrons. The van der Waals surface area contributed by atoms with Crippen molar-refractivity contribution in [2.75, 3.05) is 0 Å². The largest absolute Gasteiger partial charge is 0.501 e. The first-order chi connectivity index (χ1) is 8.18. The van der Waals surface area contributed by atoms with E-state index in [-0.39, 0.29) is 5.75 Å². The minimum Gasteiger partial charge on any atom is -0.501 e. The molecule has 2 aromatic heterocycles. The fourth-order valence-electron chi connectivity index (χ4n) is 2.17. The third kappa shape index (κ3) is 1.35. The SMILES string of the molecule is Cc1nc2c3ccccc3cc[n+]2c(C)c1O. The number of aryl methyl sites for hydroxylation is 2. The molecule has 3 nitrogen and oxygen atoms in total. The van der Waals surface area contributed by atoms with E-state index in [0.717, 1.165) is 22.1 Å². The molecule has 0 aliphatic carbocycles. The zero-order valence-corrected chi connectivity index (χ0v) is 9.81. The van der Waals surface area contributed by atoms with E-state index in [0.29, 0.717) is 5.69 Å². The van der Waals surface area contributed by atoms with Crippen molar-refractivity contribution in [2.24, 2.45) is 0 Å². The summed E-state index contributed by atoms with van der Waals surface area (Å²) in [6.45, 7) is 3.72. The van der Waals surface area contributed by atoms with E-state index in [9.17, 15) is 5.11 Å². The van der Waals surface area contributed by atoms with Crippen molar-refractivity contribution in [3.8, 4) is 5.75 Å². The van der Waals surface area contributed by atoms with E-state index in [2.05, 4.69) is 11.1 Å². The second kappa shape index (κ2) is 3.42. The van der Waals surface area contributed by atoms with Crippen LogP contribution < -0.4 is 4.40 Å². The van der Waals surface area contributed by atoms with Crippen LogP contribution >= 0.6 is 0 Å². The number of benzene rings is 1. The molecule has 3 rings (SSSR count). The van der Waals surface area contributed by atoms with Gasteiger partial charge in [-0.2, -0.15) is 4.40 Å². The van der Waals surface area contributed by atoms with Crippen LogP contribution in [0.4, 0.5) is 0 Å². The molecule has 84 valence electrons. The van der Waals surface area contributed by atoms with E-state index in [1.54, 1.807) is 0 Å². The Morgan fingerprint density at radius 2 is 1.88 bits per heavy atom. The molecule has 1 N–H and O–H groups in total. The van der Waals surface area contributed by atoms with E-state index >= 15 is 0 Å². The van der Waals surface area contributed by atoms with Gasteiger partial charge in [-0.1, -0.05) is 18.2 Å². The van der Waals surface area contributed by atoms with Crippen LogP contribution in [0.25, 0.3) is 16.4 Å². The smallest absolute Gasteiger partial charge is 0.336 e. The van der Waals surface area contributed by atoms with Crippen LogP contribution in [-0.4, -0.2) is 10.1 Å². The second-order valence-electron chi connectivity index (χ2n) is 4.23. The molecule has 0 aliphatic rings. The van der Waals surface area contributed by atoms with Crippen LogP contribution in [0, 0.1) is 13.8 Å². The zero-order chi connectivity index (χ0) is 12.0. The van der Waals surface area contributed by atoms with Gasteiger partial charge in [0.2, 0.25) is 5.75 Å². The molecule has 0 unspecified atom stereocenters. The van der Waals surface area contributed by atoms with Crippen molar-refractivity contribution in [2.45, 2.75) is 13.8 Å². The topological polar surface area (TPSA) is 37.2 Å². The van der Waals surface area contributed by atoms with Crippen molar-refractivity contribution >= 4 is 16.4 Å². The summed E-state index contributed by atoms with van der Waals surface area (Å²) in [7, 11) is 0. The Kier molecular flexibility index (Phi) is 2.01. The minimum atomic E-state index is 0.262. The molecular weight excluding hydrogens is 212 g/mol. The number of fused-ring (bicyclic) bond motifs is 3. The lowest BCUT2D eigenvalue weighted by Gasteiger charge is -2.03. The monoisotopic (exact) mass is 225 g/mol. The summed E-state index contributed by atoms with van der Waals surface area (Å²) in [5.74, 6) is 0.262. The van der Waals surface area contributed by atoms with Crippen molar-refractivity contribution in [3.63, 3.8) is 0 Å². The van der Waals surface area contributed by atoms with Gasteiger partial charge in [0.05, 0.1) is 11.6 Å². The summed E-state index contributed by atoms with van der Waals surface area (Å²) in [5, 5.41) is 12.1. The molecule has 0 aliphatic heterocycles. The molecule has 0 fully saturated rings. The summed E-state index contributed by atoms with van der Waals surface area (Å²) in [6.07, 6.45) is 1.94. The number of nitrogens with zero attached hydrogens (tertiary/aromatic N) is 2. The molecule has 0 atom stereocenters. The number of pyridine rings is 1. The third-order valence-corrected chi connectivity index (χ3v) is 3.15. The van der Waals surface area contributed by atoms with Crippen LogP contribution in [0.3, 0.4) is 0 Å². The van der Waals surface area contributed by atoms with Crippen molar-refractivity contribution < 1.29 is 9.51 Å². The van der Waals surface area contributed by atoms with Crippen LogP contribution in [-0.2, 0) is 0 Å². The fourth-order valence-corrected chi connectivity index (χ4v) is 2.17. The lowest BCUT2D eigenvalue weighted by atomic mass is 10.1. The van der Waals surface area contributed by atoms with E-state index in [1.807, 2.05) is 48.7 Å². The van der Waals surface area contributed by atoms with Gasteiger partial charge >= 0.3 is 5.65 Å². The normalized spacial score (nSPS) is 11.2. The Labute approximate surface area is 99.0 Å². The van der Waals surface area contributed by atoms with Gasteiger partial charge in [0.25, 0.3) is 0 Å². The molecule has 3 aromatic rings. The molecule has 3 heteroatoms. The molecule has 0 spiro atoms. The van der Waals surface area contributed by atoms with Gasteiger partial charge < -0.3 is 5.11 Å². The first kappa shape index (κ1) is 10.0. The van der Waals surface area contributed by atoms with E-state index in [1.165, 1.54) is 0 Å². The lowest BCUT2D eigenvalue weighted by molar-refractivity contribution is -0.522. The molecule has 0 bridgehead atoms. The predicted molar refractivity (Wildman–Crippen MR) is 66.0 cm³/mol. The number of hydrogen-bond donors (Lipinski definition) is 1. The minimum absolute atomic E-state index is 0.262. The van der Waals surface area contributed by atoms with Crippen LogP contribution in [0.1, 0.15) is 11.4 Å². The number of hydrogen-bond acceptors (Lipinski definition) is 2. The summed E-state index contributed by atoms with van der Waals surface area (Å²) in [4.78, 5) is 4.48. The highest BCUT2D eigenvalue weighted by Gasteiger charge is 2.17. The molecule has 0 saturated carbocycles. The van der Waals surface area contributed by atoms with Crippen molar-refractivity contribution in [3.05, 3.63) is 47.9 Å². The zero-order valence-electron chi connectivity index (χ0n) is 9.81. The Morgan fingerprint density at radius 1 is 1.12 bits per heavy atom. The molecular formula is C14H13N2O+. The number of aromatic nitrogens is 2. The molecule has 0 saturated heterocycles. The fraction of sp³-hybridized carbons (Fsp3) is 0.143. The lowest BCUT2D eigenvalue weighted by Crippen LogP contribution is -2.27. The van der Waals surface area contributed by atoms with E-state index < -0.39 is 0 Å². The van der Waals surface area contributed by atoms with Gasteiger partial charge in [-0.05, 0) is 22.5 Å². The molecule has 0 amide bonds. The Morgan fingerprint density at radius 3 is 2.71 bits per heavy atom. The average molecular weight is 225 g/mol. The predicted octanol–water partition coefficient (Wildman–Crippen LogP) is 2.30. The van der Waals surface area contributed by atoms with Gasteiger partial charge in [0, 0.05) is 13.8 Å². The Hall–Kier alpha value is -2.16. The highest BCUT2D eigenvalue weighted by atomic mass is 16.3. The average Bonchev–Trinajstić information content (AvgIpc) is 2.36. The summed E-state index contributed by atoms with van der Waals surface area (Å²) < 4.78 is 1.92. The van der Waals surface area contributed by atoms with Crippen molar-refractivity contribution in [1.82, 2.24) is 4.98 Å². The highest BCUT2D eigenvalue weighted by molar-refractivity contribution is 5.91. The maximum absolute atomic E-state index is 9.89. The number of rotatable bonds is 0. The van der Waals surface area contributed by atoms with Crippen LogP contribution in [0.15, 0.2) is 36.5 Å². The third-order valence-electron chi connectivity index (χ3n) is 3.15. The molecule has 2 heterocycles. The maximum Gasteiger partial charge on any atom is 0.336 e. The standard InChI is InChI=1S/C14H12N2O/c1-9-13(17)10(2)16-8-7-11-5-3-4-6-12(11)14(16)15-9/h3-8H,1-2H3/p+1. The van der Waals surface area contributed by atoms with Gasteiger partial charge in [0.15, 0.2) is 11.4 Å². The second-order valence-corrected chi connectivity index (χ2v) is 4.23. The Balaban J connectivity index is 2.59. The van der Waals surface area contributed by atoms with Gasteiger partial charge in [-0.3, -0.25) is 0 Å². The maximum atomic E-state index is 9.89. The number of aromatic hydroxyl groups is 1. The van der Waals surface area contributed by atoms with Crippen LogP contribution in [0.2, 0.25) is 0 Å². The Bertz CT molecular complexity index is 735. The van der Waals surface area contributed by atoms with Gasteiger partial charge in [-0.25, -0.2) is 0 Å². The first-order valence-corrected chi connectivity index (χ1v) is 5.58. The quantitative estimate of drug-likeness (QED) is 0.471. The summed E-state index contributed by atoms with van der Waals surface area (Å²) >= 11 is 0. The summed E-state index contributed by atoms with van der Waals surface area (Å²) in [5.41, 5.74) is 2.37. The molecule has 1 aromatic carbocycles.